The molecule has 0 bridgehead atoms. The second-order valence-electron chi connectivity index (χ2n) is 6.70. The number of methoxy groups -OCH3 is 1. The van der Waals surface area contributed by atoms with Crippen molar-refractivity contribution < 1.29 is 9.47 Å². The summed E-state index contributed by atoms with van der Waals surface area (Å²) in [6, 6.07) is 15.7. The fourth-order valence-electron chi connectivity index (χ4n) is 3.10. The average molecular weight is 429 g/mol. The summed E-state index contributed by atoms with van der Waals surface area (Å²) >= 11 is 0. The molecule has 2 heterocycles. The first-order chi connectivity index (χ1) is 14.2. The molecule has 0 aliphatic carbocycles. The largest absolute Gasteiger partial charge is 0.495 e. The van der Waals surface area contributed by atoms with Gasteiger partial charge < -0.3 is 25.0 Å². The van der Waals surface area contributed by atoms with Crippen LogP contribution in [0.3, 0.4) is 0 Å². The Kier molecular flexibility index (Phi) is 7.26. The van der Waals surface area contributed by atoms with Crippen LogP contribution in [-0.4, -0.2) is 48.4 Å². The second-order valence-corrected chi connectivity index (χ2v) is 6.70. The predicted octanol–water partition coefficient (Wildman–Crippen LogP) is 3.93. The topological polar surface area (TPSA) is 84.4 Å². The zero-order valence-corrected chi connectivity index (χ0v) is 17.8. The number of halogens is 1. The van der Waals surface area contributed by atoms with E-state index in [0.29, 0.717) is 36.8 Å². The Balaban J connectivity index is 0.00000256. The van der Waals surface area contributed by atoms with Crippen LogP contribution in [0.1, 0.15) is 5.56 Å². The third-order valence-electron chi connectivity index (χ3n) is 4.55. The van der Waals surface area contributed by atoms with Crippen LogP contribution in [0.4, 0.5) is 29.2 Å². The fraction of sp³-hybridized carbons (Fsp3) is 0.286. The molecule has 2 aromatic carbocycles. The molecule has 0 unspecified atom stereocenters. The molecular formula is C21H25ClN6O2. The Labute approximate surface area is 182 Å². The third kappa shape index (κ3) is 5.28. The van der Waals surface area contributed by atoms with E-state index in [0.717, 1.165) is 30.0 Å². The summed E-state index contributed by atoms with van der Waals surface area (Å²) in [5.41, 5.74) is 2.87. The number of rotatable bonds is 6. The van der Waals surface area contributed by atoms with E-state index in [-0.39, 0.29) is 12.4 Å². The maximum atomic E-state index is 5.46. The van der Waals surface area contributed by atoms with Gasteiger partial charge in [0.15, 0.2) is 0 Å². The van der Waals surface area contributed by atoms with Crippen LogP contribution in [0.25, 0.3) is 0 Å². The van der Waals surface area contributed by atoms with E-state index in [9.17, 15) is 0 Å². The molecule has 1 aliphatic heterocycles. The van der Waals surface area contributed by atoms with Gasteiger partial charge in [-0.25, -0.2) is 0 Å². The van der Waals surface area contributed by atoms with E-state index in [1.807, 2.05) is 55.5 Å². The van der Waals surface area contributed by atoms with E-state index >= 15 is 0 Å². The molecular weight excluding hydrogens is 404 g/mol. The number of ether oxygens (including phenoxy) is 2. The van der Waals surface area contributed by atoms with Gasteiger partial charge in [0.05, 0.1) is 26.0 Å². The van der Waals surface area contributed by atoms with Crippen molar-refractivity contribution in [2.24, 2.45) is 0 Å². The lowest BCUT2D eigenvalue weighted by molar-refractivity contribution is 0.122. The molecule has 30 heavy (non-hydrogen) atoms. The molecule has 158 valence electrons. The number of anilines is 5. The van der Waals surface area contributed by atoms with Crippen molar-refractivity contribution in [2.75, 3.05) is 48.9 Å². The highest BCUT2D eigenvalue weighted by atomic mass is 35.5. The highest BCUT2D eigenvalue weighted by Gasteiger charge is 2.17. The fourth-order valence-corrected chi connectivity index (χ4v) is 3.10. The zero-order valence-electron chi connectivity index (χ0n) is 17.0. The number of hydrogen-bond donors (Lipinski definition) is 2. The minimum absolute atomic E-state index is 0. The molecule has 1 aliphatic rings. The first-order valence-corrected chi connectivity index (χ1v) is 9.54. The summed E-state index contributed by atoms with van der Waals surface area (Å²) in [6.07, 6.45) is 0. The number of aromatic nitrogens is 3. The number of benzene rings is 2. The standard InChI is InChI=1S/C21H24N6O2.ClH/c1-15-6-5-7-16(14-15)22-19-24-20(23-17-8-3-4-9-18(17)28-2)26-21(25-19)27-10-12-29-13-11-27;/h3-9,14H,10-13H2,1-2H3,(H2,22,23,24,25,26);1H. The predicted molar refractivity (Wildman–Crippen MR) is 121 cm³/mol. The van der Waals surface area contributed by atoms with Crippen LogP contribution in [0.15, 0.2) is 48.5 Å². The zero-order chi connectivity index (χ0) is 20.1. The maximum Gasteiger partial charge on any atom is 0.233 e. The van der Waals surface area contributed by atoms with Crippen molar-refractivity contribution in [1.82, 2.24) is 15.0 Å². The lowest BCUT2D eigenvalue weighted by Crippen LogP contribution is -2.37. The molecule has 0 amide bonds. The van der Waals surface area contributed by atoms with Crippen LogP contribution >= 0.6 is 12.4 Å². The average Bonchev–Trinajstić information content (AvgIpc) is 2.75. The molecule has 1 fully saturated rings. The number of morpholine rings is 1. The van der Waals surface area contributed by atoms with Gasteiger partial charge in [0.25, 0.3) is 0 Å². The third-order valence-corrected chi connectivity index (χ3v) is 4.55. The number of aryl methyl sites for hydroxylation is 1. The van der Waals surface area contributed by atoms with Gasteiger partial charge in [-0.3, -0.25) is 0 Å². The van der Waals surface area contributed by atoms with E-state index in [4.69, 9.17) is 9.47 Å². The summed E-state index contributed by atoms with van der Waals surface area (Å²) in [4.78, 5) is 15.9. The Hall–Kier alpha value is -3.10. The summed E-state index contributed by atoms with van der Waals surface area (Å²) in [5.74, 6) is 2.25. The van der Waals surface area contributed by atoms with Gasteiger partial charge in [-0.2, -0.15) is 15.0 Å². The molecule has 0 spiro atoms. The number of hydrogen-bond acceptors (Lipinski definition) is 8. The Morgan fingerprint density at radius 1 is 0.933 bits per heavy atom. The lowest BCUT2D eigenvalue weighted by atomic mass is 10.2. The first-order valence-electron chi connectivity index (χ1n) is 9.54. The van der Waals surface area contributed by atoms with Crippen LogP contribution in [0.2, 0.25) is 0 Å². The maximum absolute atomic E-state index is 5.46. The van der Waals surface area contributed by atoms with Gasteiger partial charge in [-0.1, -0.05) is 24.3 Å². The SMILES string of the molecule is COc1ccccc1Nc1nc(Nc2cccc(C)c2)nc(N2CCOCC2)n1.Cl. The second kappa shape index (κ2) is 10.1. The van der Waals surface area contributed by atoms with E-state index in [2.05, 4.69) is 30.5 Å². The summed E-state index contributed by atoms with van der Waals surface area (Å²) in [7, 11) is 1.64. The number of para-hydroxylation sites is 2. The van der Waals surface area contributed by atoms with Gasteiger partial charge in [-0.15, -0.1) is 12.4 Å². The number of nitrogens with zero attached hydrogens (tertiary/aromatic N) is 4. The molecule has 0 atom stereocenters. The molecule has 1 aromatic heterocycles. The molecule has 0 radical (unpaired) electrons. The summed E-state index contributed by atoms with van der Waals surface area (Å²) in [6.45, 7) is 4.83. The van der Waals surface area contributed by atoms with Gasteiger partial charge in [0, 0.05) is 18.8 Å². The van der Waals surface area contributed by atoms with Crippen molar-refractivity contribution in [3.8, 4) is 5.75 Å². The molecule has 4 rings (SSSR count). The minimum Gasteiger partial charge on any atom is -0.495 e. The number of nitrogens with one attached hydrogen (secondary N) is 2. The first kappa shape index (κ1) is 21.6. The van der Waals surface area contributed by atoms with Crippen molar-refractivity contribution in [2.45, 2.75) is 6.92 Å². The minimum atomic E-state index is 0. The molecule has 2 N–H and O–H groups in total. The Morgan fingerprint density at radius 2 is 1.67 bits per heavy atom. The summed E-state index contributed by atoms with van der Waals surface area (Å²) in [5, 5.41) is 6.54. The van der Waals surface area contributed by atoms with Crippen molar-refractivity contribution in [1.29, 1.82) is 0 Å². The van der Waals surface area contributed by atoms with Crippen LogP contribution in [0, 0.1) is 6.92 Å². The van der Waals surface area contributed by atoms with E-state index in [1.165, 1.54) is 0 Å². The quantitative estimate of drug-likeness (QED) is 0.610. The molecule has 9 heteroatoms. The van der Waals surface area contributed by atoms with Crippen molar-refractivity contribution >= 4 is 41.6 Å². The van der Waals surface area contributed by atoms with Gasteiger partial charge in [-0.05, 0) is 36.8 Å². The highest BCUT2D eigenvalue weighted by Crippen LogP contribution is 2.27. The normalized spacial score (nSPS) is 13.3. The lowest BCUT2D eigenvalue weighted by Gasteiger charge is -2.27. The smallest absolute Gasteiger partial charge is 0.233 e. The van der Waals surface area contributed by atoms with Gasteiger partial charge in [0.1, 0.15) is 5.75 Å². The Bertz CT molecular complexity index is 981. The molecule has 3 aromatic rings. The van der Waals surface area contributed by atoms with Crippen LogP contribution in [-0.2, 0) is 4.74 Å². The van der Waals surface area contributed by atoms with Gasteiger partial charge >= 0.3 is 0 Å². The van der Waals surface area contributed by atoms with Crippen molar-refractivity contribution in [3.63, 3.8) is 0 Å². The molecule has 1 saturated heterocycles. The Morgan fingerprint density at radius 3 is 2.40 bits per heavy atom. The molecule has 8 nitrogen and oxygen atoms in total. The molecule has 0 saturated carbocycles. The van der Waals surface area contributed by atoms with Crippen LogP contribution in [0.5, 0.6) is 5.75 Å². The summed E-state index contributed by atoms with van der Waals surface area (Å²) < 4.78 is 10.9. The highest BCUT2D eigenvalue weighted by molar-refractivity contribution is 5.85. The monoisotopic (exact) mass is 428 g/mol. The van der Waals surface area contributed by atoms with Gasteiger partial charge in [0.2, 0.25) is 17.8 Å². The van der Waals surface area contributed by atoms with E-state index in [1.54, 1.807) is 7.11 Å². The van der Waals surface area contributed by atoms with Crippen molar-refractivity contribution in [3.05, 3.63) is 54.1 Å². The van der Waals surface area contributed by atoms with E-state index < -0.39 is 0 Å². The van der Waals surface area contributed by atoms with Crippen LogP contribution < -0.4 is 20.3 Å².